The molecule has 2 saturated carbocycles. The van der Waals surface area contributed by atoms with Gasteiger partial charge in [0.15, 0.2) is 0 Å². The average Bonchev–Trinajstić information content (AvgIpc) is 4.00. The molecule has 4 amide bonds. The number of nitrogens with zero attached hydrogens (tertiary/aromatic N) is 3. The first-order chi connectivity index (χ1) is 26.2. The highest BCUT2D eigenvalue weighted by molar-refractivity contribution is 7.90. The predicted octanol–water partition coefficient (Wildman–Crippen LogP) is 2.68. The van der Waals surface area contributed by atoms with Gasteiger partial charge in [-0.25, -0.2) is 13.2 Å². The third-order valence-corrected chi connectivity index (χ3v) is 13.9. The van der Waals surface area contributed by atoms with Crippen LogP contribution in [0.1, 0.15) is 82.3 Å². The number of primary amides is 1. The maximum Gasteiger partial charge on any atom is 0.410 e. The maximum atomic E-state index is 14.2. The van der Waals surface area contributed by atoms with Crippen molar-refractivity contribution in [1.29, 1.82) is 0 Å². The van der Waals surface area contributed by atoms with Gasteiger partial charge < -0.3 is 25.6 Å². The standard InChI is InChI=1S/C38H47ClN6O9S/c1-38(36(50)42-55(52,53)25-13-14-25)18-23(38)10-5-3-2-4-6-12-28(41-30-31(33(47)32(30)46)43-15-8-16-43)35(49)45-20-24(17-29(45)34(40)48)54-37(51)44-19-22-9-7-11-27(39)26(22)21-44/h5,7,9-11,23-25,28-29,41H,2-4,6,8,12-21H2,1H3,(H2,40,48)(H,42,50)/b10-5-/t23-,24-,28+,29+,38+/m1/s1. The minimum atomic E-state index is -3.60. The number of nitrogens with two attached hydrogens (primary N) is 1. The van der Waals surface area contributed by atoms with E-state index in [4.69, 9.17) is 22.1 Å². The van der Waals surface area contributed by atoms with E-state index in [1.807, 2.05) is 29.2 Å². The fourth-order valence-electron chi connectivity index (χ4n) is 7.80. The van der Waals surface area contributed by atoms with Gasteiger partial charge in [0, 0.05) is 31.1 Å². The van der Waals surface area contributed by atoms with Crippen molar-refractivity contribution in [2.45, 2.75) is 108 Å². The molecule has 0 aromatic heterocycles. The molecule has 0 unspecified atom stereocenters. The second-order valence-electron chi connectivity index (χ2n) is 15.8. The molecule has 55 heavy (non-hydrogen) atoms. The Balaban J connectivity index is 0.953. The Morgan fingerprint density at radius 2 is 1.85 bits per heavy atom. The van der Waals surface area contributed by atoms with Crippen LogP contribution >= 0.6 is 11.6 Å². The number of halogens is 1. The van der Waals surface area contributed by atoms with Crippen LogP contribution in [0.25, 0.3) is 0 Å². The van der Waals surface area contributed by atoms with Crippen LogP contribution in [-0.2, 0) is 42.2 Å². The molecule has 3 heterocycles. The predicted molar refractivity (Wildman–Crippen MR) is 204 cm³/mol. The van der Waals surface area contributed by atoms with Crippen LogP contribution in [0.2, 0.25) is 5.02 Å². The number of likely N-dealkylation sites (tertiary alicyclic amines) is 1. The van der Waals surface area contributed by atoms with E-state index in [1.165, 1.54) is 9.80 Å². The molecule has 2 aliphatic carbocycles. The smallest absolute Gasteiger partial charge is 0.410 e. The summed E-state index contributed by atoms with van der Waals surface area (Å²) in [6.45, 7) is 3.55. The first-order valence-electron chi connectivity index (χ1n) is 19.1. The largest absolute Gasteiger partial charge is 0.444 e. The van der Waals surface area contributed by atoms with E-state index < -0.39 is 73.5 Å². The van der Waals surface area contributed by atoms with Crippen molar-refractivity contribution in [3.05, 3.63) is 66.9 Å². The number of nitrogens with one attached hydrogen (secondary N) is 2. The van der Waals surface area contributed by atoms with Gasteiger partial charge in [-0.15, -0.1) is 0 Å². The number of benzene rings is 1. The lowest BCUT2D eigenvalue weighted by Crippen LogP contribution is -2.52. The van der Waals surface area contributed by atoms with Crippen LogP contribution < -0.4 is 31.5 Å². The van der Waals surface area contributed by atoms with Crippen molar-refractivity contribution in [3.8, 4) is 0 Å². The zero-order valence-corrected chi connectivity index (χ0v) is 32.3. The minimum Gasteiger partial charge on any atom is -0.444 e. The number of anilines is 2. The molecule has 17 heteroatoms. The Kier molecular flexibility index (Phi) is 10.8. The fraction of sp³-hybridized carbons (Fsp3) is 0.579. The van der Waals surface area contributed by atoms with Gasteiger partial charge in [-0.05, 0) is 68.1 Å². The Bertz CT molecular complexity index is 2090. The van der Waals surface area contributed by atoms with Gasteiger partial charge in [0.25, 0.3) is 10.9 Å². The highest BCUT2D eigenvalue weighted by Gasteiger charge is 2.56. The molecule has 5 aliphatic rings. The Hall–Kier alpha value is -4.44. The Labute approximate surface area is 324 Å². The lowest BCUT2D eigenvalue weighted by molar-refractivity contribution is -0.138. The highest BCUT2D eigenvalue weighted by Crippen LogP contribution is 2.53. The number of rotatable bonds is 16. The third-order valence-electron chi connectivity index (χ3n) is 11.8. The molecule has 296 valence electrons. The molecule has 0 bridgehead atoms. The number of unbranched alkanes of at least 4 members (excludes halogenated alkanes) is 3. The molecule has 0 spiro atoms. The highest BCUT2D eigenvalue weighted by atomic mass is 35.5. The van der Waals surface area contributed by atoms with Gasteiger partial charge in [-0.3, -0.25) is 33.6 Å². The van der Waals surface area contributed by atoms with Crippen LogP contribution in [0.3, 0.4) is 0 Å². The van der Waals surface area contributed by atoms with Gasteiger partial charge in [-0.2, -0.15) is 0 Å². The van der Waals surface area contributed by atoms with Crippen molar-refractivity contribution in [2.24, 2.45) is 17.1 Å². The van der Waals surface area contributed by atoms with Gasteiger partial charge in [0.1, 0.15) is 29.6 Å². The fourth-order valence-corrected chi connectivity index (χ4v) is 9.47. The molecular formula is C38H47ClN6O9S. The number of allylic oxidation sites excluding steroid dienone is 2. The molecular weight excluding hydrogens is 752 g/mol. The van der Waals surface area contributed by atoms with E-state index in [0.717, 1.165) is 24.0 Å². The molecule has 2 aromatic carbocycles. The van der Waals surface area contributed by atoms with Gasteiger partial charge in [0.2, 0.25) is 27.7 Å². The quantitative estimate of drug-likeness (QED) is 0.128. The van der Waals surface area contributed by atoms with Gasteiger partial charge >= 0.3 is 6.09 Å². The second-order valence-corrected chi connectivity index (χ2v) is 18.1. The number of amides is 4. The molecule has 2 aromatic rings. The minimum absolute atomic E-state index is 0.0184. The summed E-state index contributed by atoms with van der Waals surface area (Å²) < 4.78 is 32.5. The van der Waals surface area contributed by atoms with Gasteiger partial charge in [0.05, 0.1) is 23.8 Å². The number of carbonyl (C=O) groups is 4. The van der Waals surface area contributed by atoms with Crippen molar-refractivity contribution in [3.63, 3.8) is 0 Å². The summed E-state index contributed by atoms with van der Waals surface area (Å²) in [6, 6.07) is 3.46. The average molecular weight is 799 g/mol. The number of fused-ring (bicyclic) bond motifs is 1. The van der Waals surface area contributed by atoms with E-state index in [0.29, 0.717) is 63.2 Å². The summed E-state index contributed by atoms with van der Waals surface area (Å²) in [5.41, 5.74) is 5.85. The second kappa shape index (κ2) is 15.2. The van der Waals surface area contributed by atoms with Crippen molar-refractivity contribution >= 4 is 56.8 Å². The molecule has 5 atom stereocenters. The lowest BCUT2D eigenvalue weighted by Gasteiger charge is -2.36. The monoisotopic (exact) mass is 798 g/mol. The van der Waals surface area contributed by atoms with Crippen LogP contribution in [0.4, 0.5) is 16.2 Å². The van der Waals surface area contributed by atoms with E-state index >= 15 is 0 Å². The summed E-state index contributed by atoms with van der Waals surface area (Å²) in [6.07, 6.45) is 8.22. The van der Waals surface area contributed by atoms with Crippen molar-refractivity contribution < 1.29 is 32.3 Å². The Morgan fingerprint density at radius 1 is 1.09 bits per heavy atom. The molecule has 4 N–H and O–H groups in total. The summed E-state index contributed by atoms with van der Waals surface area (Å²) in [7, 11) is -3.60. The molecule has 0 radical (unpaired) electrons. The van der Waals surface area contributed by atoms with E-state index in [9.17, 15) is 37.2 Å². The molecule has 2 saturated heterocycles. The van der Waals surface area contributed by atoms with E-state index in [1.54, 1.807) is 13.0 Å². The topological polar surface area (TPSA) is 206 Å². The Morgan fingerprint density at radius 3 is 2.53 bits per heavy atom. The lowest BCUT2D eigenvalue weighted by atomic mass is 10.0. The van der Waals surface area contributed by atoms with Crippen molar-refractivity contribution in [2.75, 3.05) is 29.9 Å². The normalized spacial score (nSPS) is 25.1. The number of carbonyl (C=O) groups excluding carboxylic acids is 4. The molecule has 4 fully saturated rings. The zero-order valence-electron chi connectivity index (χ0n) is 30.8. The van der Waals surface area contributed by atoms with Crippen LogP contribution in [0, 0.1) is 11.3 Å². The maximum absolute atomic E-state index is 14.2. The molecule has 3 aliphatic heterocycles. The summed E-state index contributed by atoms with van der Waals surface area (Å²) in [4.78, 5) is 82.6. The molecule has 7 rings (SSSR count). The number of sulfonamides is 1. The van der Waals surface area contributed by atoms with Crippen molar-refractivity contribution in [1.82, 2.24) is 14.5 Å². The SMILES string of the molecule is C[C@]1(C(=O)NS(=O)(=O)C2CC2)C[C@H]1/C=C\CCCCC[C@H](Nc1c(N2CCC2)c(=O)c1=O)C(=O)N1C[C@H](OC(=O)N2Cc3cccc(Cl)c3C2)C[C@H]1C(N)=O. The summed E-state index contributed by atoms with van der Waals surface area (Å²) in [5, 5.41) is 3.15. The van der Waals surface area contributed by atoms with Crippen LogP contribution in [0.15, 0.2) is 39.9 Å². The van der Waals surface area contributed by atoms with E-state index in [2.05, 4.69) is 10.0 Å². The first kappa shape index (κ1) is 38.8. The first-order valence-corrected chi connectivity index (χ1v) is 21.0. The number of hydrogen-bond acceptors (Lipinski definition) is 11. The van der Waals surface area contributed by atoms with Crippen LogP contribution in [0.5, 0.6) is 0 Å². The van der Waals surface area contributed by atoms with Crippen LogP contribution in [-0.4, -0.2) is 85.1 Å². The summed E-state index contributed by atoms with van der Waals surface area (Å²) in [5.74, 6) is -1.74. The number of ether oxygens (including phenoxy) is 1. The summed E-state index contributed by atoms with van der Waals surface area (Å²) >= 11 is 6.32. The van der Waals surface area contributed by atoms with Gasteiger partial charge in [-0.1, -0.05) is 55.7 Å². The van der Waals surface area contributed by atoms with E-state index in [-0.39, 0.29) is 43.2 Å². The molecule has 15 nitrogen and oxygen atoms in total. The number of hydrogen-bond donors (Lipinski definition) is 3. The third kappa shape index (κ3) is 7.98. The zero-order chi connectivity index (χ0) is 39.2.